The van der Waals surface area contributed by atoms with Gasteiger partial charge in [0.15, 0.2) is 0 Å². The summed E-state index contributed by atoms with van der Waals surface area (Å²) in [5.41, 5.74) is 5.28. The van der Waals surface area contributed by atoms with E-state index in [0.717, 1.165) is 39.0 Å². The summed E-state index contributed by atoms with van der Waals surface area (Å²) in [7, 11) is 0. The normalized spacial score (nSPS) is 12.6. The van der Waals surface area contributed by atoms with E-state index in [1.54, 1.807) is 18.3 Å². The fourth-order valence-electron chi connectivity index (χ4n) is 4.10. The summed E-state index contributed by atoms with van der Waals surface area (Å²) in [6.07, 6.45) is 2.38. The highest BCUT2D eigenvalue weighted by Gasteiger charge is 2.20. The van der Waals surface area contributed by atoms with Gasteiger partial charge < -0.3 is 10.6 Å². The van der Waals surface area contributed by atoms with E-state index >= 15 is 0 Å². The first-order valence-electron chi connectivity index (χ1n) is 10.9. The summed E-state index contributed by atoms with van der Waals surface area (Å²) in [5, 5.41) is 7.99. The highest BCUT2D eigenvalue weighted by atomic mass is 35.5. The second kappa shape index (κ2) is 9.85. The molecule has 7 heteroatoms. The zero-order chi connectivity index (χ0) is 22.8. The number of aromatic nitrogens is 1. The molecule has 6 nitrogen and oxygen atoms in total. The molecule has 0 unspecified atom stereocenters. The Hall–Kier alpha value is -4.03. The lowest BCUT2D eigenvalue weighted by Crippen LogP contribution is -2.15. The molecule has 5 rings (SSSR count). The number of nitrogens with one attached hydrogen (secondary N) is 2. The van der Waals surface area contributed by atoms with Crippen molar-refractivity contribution >= 4 is 52.1 Å². The second-order valence-electron chi connectivity index (χ2n) is 7.80. The maximum absolute atomic E-state index is 12.7. The molecule has 2 N–H and O–H groups in total. The van der Waals surface area contributed by atoms with Crippen LogP contribution < -0.4 is 10.6 Å². The number of halogens is 1. The number of anilines is 2. The highest BCUT2D eigenvalue weighted by molar-refractivity contribution is 6.23. The van der Waals surface area contributed by atoms with E-state index in [1.165, 1.54) is 0 Å². The number of carbonyl (C=O) groups excluding carboxylic acids is 2. The number of aryl methyl sites for hydroxylation is 1. The molecule has 170 valence electrons. The number of amides is 2. The molecule has 0 bridgehead atoms. The molecule has 0 saturated heterocycles. The summed E-state index contributed by atoms with van der Waals surface area (Å²) < 4.78 is 0. The molecule has 0 atom stereocenters. The molecular weight excluding hydrogens is 448 g/mol. The smallest absolute Gasteiger partial charge is 0.257 e. The van der Waals surface area contributed by atoms with Crippen LogP contribution in [0.3, 0.4) is 0 Å². The average Bonchev–Trinajstić information content (AvgIpc) is 3.03. The Balaban J connectivity index is 0.00000274. The molecule has 0 aliphatic carbocycles. The molecule has 2 heterocycles. The van der Waals surface area contributed by atoms with Crippen molar-refractivity contribution in [1.82, 2.24) is 4.98 Å². The summed E-state index contributed by atoms with van der Waals surface area (Å²) in [6, 6.07) is 23.0. The van der Waals surface area contributed by atoms with Crippen molar-refractivity contribution in [1.29, 1.82) is 0 Å². The number of hydrogen-bond acceptors (Lipinski definition) is 4. The zero-order valence-electron chi connectivity index (χ0n) is 18.5. The van der Waals surface area contributed by atoms with E-state index < -0.39 is 0 Å². The Kier molecular flexibility index (Phi) is 6.70. The standard InChI is InChI=1S/C27H22N4O2.ClH/c1-2-23-21(8-5-15-28-23)27(33)30-19-12-9-18(10-13-19)25-22-14-11-17-6-3-4-7-20(17)26(22)31-24(32)16-29-25;/h3-15H,2,16H2,1H3,(H,30,33)(H,31,32);1H. The maximum atomic E-state index is 12.7. The minimum Gasteiger partial charge on any atom is -0.323 e. The van der Waals surface area contributed by atoms with E-state index in [4.69, 9.17) is 0 Å². The van der Waals surface area contributed by atoms with Gasteiger partial charge in [0.25, 0.3) is 5.91 Å². The lowest BCUT2D eigenvalue weighted by atomic mass is 9.96. The van der Waals surface area contributed by atoms with E-state index in [1.807, 2.05) is 67.6 Å². The van der Waals surface area contributed by atoms with Crippen LogP contribution in [0.4, 0.5) is 11.4 Å². The third kappa shape index (κ3) is 4.40. The van der Waals surface area contributed by atoms with Gasteiger partial charge >= 0.3 is 0 Å². The second-order valence-corrected chi connectivity index (χ2v) is 7.80. The average molecular weight is 471 g/mol. The van der Waals surface area contributed by atoms with Gasteiger partial charge in [-0.3, -0.25) is 19.6 Å². The molecular formula is C27H23ClN4O2. The van der Waals surface area contributed by atoms with Crippen LogP contribution >= 0.6 is 12.4 Å². The Labute approximate surface area is 203 Å². The molecule has 1 aliphatic rings. The van der Waals surface area contributed by atoms with Crippen molar-refractivity contribution < 1.29 is 9.59 Å². The first kappa shape index (κ1) is 23.1. The fourth-order valence-corrected chi connectivity index (χ4v) is 4.10. The molecule has 0 spiro atoms. The van der Waals surface area contributed by atoms with Gasteiger partial charge in [0.05, 0.1) is 22.7 Å². The highest BCUT2D eigenvalue weighted by Crippen LogP contribution is 2.31. The Bertz CT molecular complexity index is 1410. The van der Waals surface area contributed by atoms with Crippen LogP contribution in [0.2, 0.25) is 0 Å². The van der Waals surface area contributed by atoms with Gasteiger partial charge in [-0.2, -0.15) is 0 Å². The minimum absolute atomic E-state index is 0. The topological polar surface area (TPSA) is 83.5 Å². The third-order valence-corrected chi connectivity index (χ3v) is 5.72. The van der Waals surface area contributed by atoms with Gasteiger partial charge in [-0.15, -0.1) is 12.4 Å². The number of nitrogens with zero attached hydrogens (tertiary/aromatic N) is 2. The monoisotopic (exact) mass is 470 g/mol. The van der Waals surface area contributed by atoms with E-state index in [0.29, 0.717) is 17.7 Å². The summed E-state index contributed by atoms with van der Waals surface area (Å²) in [5.74, 6) is -0.333. The van der Waals surface area contributed by atoms with Gasteiger partial charge in [0, 0.05) is 28.4 Å². The number of fused-ring (bicyclic) bond motifs is 3. The fraction of sp³-hybridized carbons (Fsp3) is 0.111. The van der Waals surface area contributed by atoms with Crippen LogP contribution in [0.15, 0.2) is 84.0 Å². The first-order valence-corrected chi connectivity index (χ1v) is 10.9. The molecule has 0 saturated carbocycles. The van der Waals surface area contributed by atoms with Crippen LogP contribution in [0, 0.1) is 0 Å². The first-order chi connectivity index (χ1) is 16.1. The quantitative estimate of drug-likeness (QED) is 0.426. The molecule has 1 aliphatic heterocycles. The van der Waals surface area contributed by atoms with Crippen molar-refractivity contribution in [3.05, 3.63) is 101 Å². The lowest BCUT2D eigenvalue weighted by Gasteiger charge is -2.14. The molecule has 2 amide bonds. The Morgan fingerprint density at radius 1 is 1.00 bits per heavy atom. The molecule has 0 fully saturated rings. The Morgan fingerprint density at radius 2 is 1.79 bits per heavy atom. The van der Waals surface area contributed by atoms with Crippen LogP contribution in [0.5, 0.6) is 0 Å². The third-order valence-electron chi connectivity index (χ3n) is 5.72. The Morgan fingerprint density at radius 3 is 2.59 bits per heavy atom. The summed E-state index contributed by atoms with van der Waals surface area (Å²) in [4.78, 5) is 34.0. The van der Waals surface area contributed by atoms with Crippen LogP contribution in [-0.2, 0) is 11.2 Å². The van der Waals surface area contributed by atoms with Gasteiger partial charge in [-0.25, -0.2) is 0 Å². The lowest BCUT2D eigenvalue weighted by molar-refractivity contribution is -0.114. The van der Waals surface area contributed by atoms with Gasteiger partial charge in [-0.05, 0) is 36.1 Å². The van der Waals surface area contributed by atoms with E-state index in [9.17, 15) is 9.59 Å². The predicted molar refractivity (Wildman–Crippen MR) is 138 cm³/mol. The number of hydrogen-bond donors (Lipinski definition) is 2. The SMILES string of the molecule is CCc1ncccc1C(=O)Nc1ccc(C2=NCC(=O)Nc3c2ccc2ccccc32)cc1.Cl. The van der Waals surface area contributed by atoms with Crippen molar-refractivity contribution in [3.63, 3.8) is 0 Å². The zero-order valence-corrected chi connectivity index (χ0v) is 19.4. The number of rotatable bonds is 4. The van der Waals surface area contributed by atoms with Crippen molar-refractivity contribution in [2.45, 2.75) is 13.3 Å². The van der Waals surface area contributed by atoms with Crippen LogP contribution in [-0.4, -0.2) is 29.1 Å². The van der Waals surface area contributed by atoms with Gasteiger partial charge in [0.2, 0.25) is 5.91 Å². The molecule has 34 heavy (non-hydrogen) atoms. The number of aliphatic imine (C=N–C) groups is 1. The molecule has 1 aromatic heterocycles. The van der Waals surface area contributed by atoms with Crippen molar-refractivity contribution in [3.8, 4) is 0 Å². The number of benzene rings is 3. The largest absolute Gasteiger partial charge is 0.323 e. The van der Waals surface area contributed by atoms with E-state index in [2.05, 4.69) is 20.6 Å². The predicted octanol–water partition coefficient (Wildman–Crippen LogP) is 5.26. The molecule has 0 radical (unpaired) electrons. The molecule has 3 aromatic carbocycles. The minimum atomic E-state index is -0.189. The number of carbonyl (C=O) groups is 2. The van der Waals surface area contributed by atoms with E-state index in [-0.39, 0.29) is 30.8 Å². The van der Waals surface area contributed by atoms with Crippen LogP contribution in [0.1, 0.15) is 34.1 Å². The summed E-state index contributed by atoms with van der Waals surface area (Å²) >= 11 is 0. The van der Waals surface area contributed by atoms with Crippen molar-refractivity contribution in [2.75, 3.05) is 17.2 Å². The maximum Gasteiger partial charge on any atom is 0.257 e. The van der Waals surface area contributed by atoms with Crippen LogP contribution in [0.25, 0.3) is 10.8 Å². The summed E-state index contributed by atoms with van der Waals surface area (Å²) in [6.45, 7) is 2.03. The van der Waals surface area contributed by atoms with Crippen molar-refractivity contribution in [2.24, 2.45) is 4.99 Å². The van der Waals surface area contributed by atoms with Gasteiger partial charge in [0.1, 0.15) is 6.54 Å². The number of pyridine rings is 1. The molecule has 4 aromatic rings. The van der Waals surface area contributed by atoms with Gasteiger partial charge in [-0.1, -0.05) is 55.5 Å².